The van der Waals surface area contributed by atoms with Gasteiger partial charge in [0.2, 0.25) is 0 Å². The second kappa shape index (κ2) is 16.1. The summed E-state index contributed by atoms with van der Waals surface area (Å²) in [5, 5.41) is 5.05. The smallest absolute Gasteiger partial charge is 0.0546 e. The summed E-state index contributed by atoms with van der Waals surface area (Å²) in [6.07, 6.45) is 0. The van der Waals surface area contributed by atoms with E-state index in [-0.39, 0.29) is 5.41 Å². The van der Waals surface area contributed by atoms with Gasteiger partial charge in [0.05, 0.1) is 5.69 Å². The largest absolute Gasteiger partial charge is 0.310 e. The average Bonchev–Trinajstić information content (AvgIpc) is 3.63. The summed E-state index contributed by atoms with van der Waals surface area (Å²) in [5.41, 5.74) is 20.6. The number of anilines is 3. The maximum atomic E-state index is 2.46. The van der Waals surface area contributed by atoms with Crippen molar-refractivity contribution in [3.63, 3.8) is 0 Å². The molecule has 0 radical (unpaired) electrons. The molecule has 0 N–H and O–H groups in total. The molecule has 1 aliphatic carbocycles. The van der Waals surface area contributed by atoms with E-state index in [1.54, 1.807) is 0 Å². The van der Waals surface area contributed by atoms with E-state index >= 15 is 0 Å². The van der Waals surface area contributed by atoms with Gasteiger partial charge in [-0.25, -0.2) is 0 Å². The lowest BCUT2D eigenvalue weighted by atomic mass is 9.79. The van der Waals surface area contributed by atoms with E-state index in [4.69, 9.17) is 0 Å². The van der Waals surface area contributed by atoms with Crippen molar-refractivity contribution in [2.75, 3.05) is 4.90 Å². The highest BCUT2D eigenvalue weighted by Crippen LogP contribution is 2.53. The van der Waals surface area contributed by atoms with Crippen molar-refractivity contribution in [1.29, 1.82) is 0 Å². The Morgan fingerprint density at radius 2 is 0.773 bits per heavy atom. The van der Waals surface area contributed by atoms with Gasteiger partial charge in [-0.05, 0) is 130 Å². The normalized spacial score (nSPS) is 12.5. The summed E-state index contributed by atoms with van der Waals surface area (Å²) in [4.78, 5) is 2.46. The number of fused-ring (bicyclic) bond motifs is 6. The van der Waals surface area contributed by atoms with E-state index in [0.717, 1.165) is 17.1 Å². The van der Waals surface area contributed by atoms with E-state index in [0.29, 0.717) is 0 Å². The summed E-state index contributed by atoms with van der Waals surface area (Å²) in [6, 6.07) is 91.4. The summed E-state index contributed by atoms with van der Waals surface area (Å²) in [5.74, 6) is 0. The highest BCUT2D eigenvalue weighted by atomic mass is 15.1. The molecule has 1 heteroatoms. The van der Waals surface area contributed by atoms with Crippen LogP contribution in [0.25, 0.3) is 88.3 Å². The van der Waals surface area contributed by atoms with Crippen molar-refractivity contribution >= 4 is 38.6 Å². The summed E-state index contributed by atoms with van der Waals surface area (Å²) in [6.45, 7) is 4.74. The number of rotatable bonds is 8. The zero-order valence-electron chi connectivity index (χ0n) is 37.1. The highest BCUT2D eigenvalue weighted by Gasteiger charge is 2.37. The lowest BCUT2D eigenvalue weighted by Crippen LogP contribution is -2.16. The van der Waals surface area contributed by atoms with Crippen LogP contribution in [0.3, 0.4) is 0 Å². The third-order valence-corrected chi connectivity index (χ3v) is 13.9. The predicted octanol–water partition coefficient (Wildman–Crippen LogP) is 18.1. The van der Waals surface area contributed by atoms with Crippen molar-refractivity contribution in [2.24, 2.45) is 0 Å². The van der Waals surface area contributed by atoms with Gasteiger partial charge in [0.25, 0.3) is 0 Å². The Labute approximate surface area is 387 Å². The summed E-state index contributed by atoms with van der Waals surface area (Å²) in [7, 11) is 0. The molecule has 0 amide bonds. The molecule has 11 aromatic rings. The maximum absolute atomic E-state index is 2.46. The van der Waals surface area contributed by atoms with Crippen LogP contribution >= 0.6 is 0 Å². The SMILES string of the molecule is CC1(C)c2ccccc2-c2cccc(-c3ccc(N(c4ccc(-c5cc6ccccc6c6ccccc56)cc4)c4cccc(-c5ccccc5)c4-c4ccccc4-c4ccccc4)cc3)c21. The molecule has 312 valence electrons. The van der Waals surface area contributed by atoms with Crippen LogP contribution in [0.15, 0.2) is 249 Å². The minimum absolute atomic E-state index is 0.121. The van der Waals surface area contributed by atoms with Crippen molar-refractivity contribution in [3.8, 4) is 66.8 Å². The van der Waals surface area contributed by atoms with E-state index in [2.05, 4.69) is 267 Å². The molecule has 0 saturated heterocycles. The Morgan fingerprint density at radius 3 is 1.47 bits per heavy atom. The maximum Gasteiger partial charge on any atom is 0.0546 e. The van der Waals surface area contributed by atoms with Crippen molar-refractivity contribution in [1.82, 2.24) is 0 Å². The van der Waals surface area contributed by atoms with E-state index in [1.807, 2.05) is 0 Å². The Balaban J connectivity index is 1.06. The predicted molar refractivity (Wildman–Crippen MR) is 281 cm³/mol. The topological polar surface area (TPSA) is 3.24 Å². The first-order valence-electron chi connectivity index (χ1n) is 23.0. The second-order valence-corrected chi connectivity index (χ2v) is 18.0. The third kappa shape index (κ3) is 6.55. The van der Waals surface area contributed by atoms with Gasteiger partial charge in [0.1, 0.15) is 0 Å². The van der Waals surface area contributed by atoms with Crippen LogP contribution in [0.1, 0.15) is 25.0 Å². The Morgan fingerprint density at radius 1 is 0.303 bits per heavy atom. The number of hydrogen-bond donors (Lipinski definition) is 0. The third-order valence-electron chi connectivity index (χ3n) is 13.9. The standard InChI is InChI=1S/C65H47N/c1-65(2)61-33-16-15-28-57(61)59-32-17-31-54(64(59)65)46-35-39-49(40-36-46)66(50-41-37-47(38-42-50)60-43-48-23-9-10-25-52(48)55-26-12-13-27-56(55)60)62-34-18-30-53(45-21-7-4-8-22-45)63(62)58-29-14-11-24-51(58)44-19-5-3-6-20-44/h3-43H,1-2H3. The molecular weight excluding hydrogens is 795 g/mol. The van der Waals surface area contributed by atoms with Crippen LogP contribution in [0, 0.1) is 0 Å². The molecule has 0 heterocycles. The quantitative estimate of drug-likeness (QED) is 0.138. The molecule has 0 fully saturated rings. The Bertz CT molecular complexity index is 3580. The number of hydrogen-bond acceptors (Lipinski definition) is 1. The average molecular weight is 842 g/mol. The minimum Gasteiger partial charge on any atom is -0.310 e. The Hall–Kier alpha value is -8.26. The first-order chi connectivity index (χ1) is 32.5. The van der Waals surface area contributed by atoms with Gasteiger partial charge in [-0.1, -0.05) is 226 Å². The zero-order valence-corrected chi connectivity index (χ0v) is 37.1. The van der Waals surface area contributed by atoms with Crippen LogP contribution in [-0.4, -0.2) is 0 Å². The van der Waals surface area contributed by atoms with Crippen LogP contribution in [-0.2, 0) is 5.41 Å². The molecule has 1 nitrogen and oxygen atoms in total. The van der Waals surface area contributed by atoms with Gasteiger partial charge in [-0.3, -0.25) is 0 Å². The monoisotopic (exact) mass is 841 g/mol. The minimum atomic E-state index is -0.121. The van der Waals surface area contributed by atoms with Crippen molar-refractivity contribution in [2.45, 2.75) is 19.3 Å². The fourth-order valence-corrected chi connectivity index (χ4v) is 10.8. The molecule has 1 aliphatic rings. The molecular formula is C65H47N. The van der Waals surface area contributed by atoms with Crippen LogP contribution in [0.5, 0.6) is 0 Å². The van der Waals surface area contributed by atoms with Gasteiger partial charge < -0.3 is 4.90 Å². The molecule has 12 rings (SSSR count). The fraction of sp³-hybridized carbons (Fsp3) is 0.0462. The Kier molecular flexibility index (Phi) is 9.58. The lowest BCUT2D eigenvalue weighted by Gasteiger charge is -2.30. The van der Waals surface area contributed by atoms with Gasteiger partial charge in [-0.2, -0.15) is 0 Å². The number of benzene rings is 11. The molecule has 0 atom stereocenters. The molecule has 0 unspecified atom stereocenters. The molecule has 0 spiro atoms. The first-order valence-corrected chi connectivity index (χ1v) is 23.0. The van der Waals surface area contributed by atoms with E-state index in [1.165, 1.54) is 99.4 Å². The van der Waals surface area contributed by atoms with Crippen molar-refractivity contribution in [3.05, 3.63) is 260 Å². The highest BCUT2D eigenvalue weighted by molar-refractivity contribution is 6.14. The van der Waals surface area contributed by atoms with Crippen molar-refractivity contribution < 1.29 is 0 Å². The van der Waals surface area contributed by atoms with Crippen LogP contribution < -0.4 is 4.90 Å². The molecule has 11 aromatic carbocycles. The second-order valence-electron chi connectivity index (χ2n) is 18.0. The molecule has 66 heavy (non-hydrogen) atoms. The fourth-order valence-electron chi connectivity index (χ4n) is 10.8. The number of nitrogens with zero attached hydrogens (tertiary/aromatic N) is 1. The van der Waals surface area contributed by atoms with Gasteiger partial charge in [-0.15, -0.1) is 0 Å². The zero-order chi connectivity index (χ0) is 44.2. The van der Waals surface area contributed by atoms with Gasteiger partial charge in [0.15, 0.2) is 0 Å². The molecule has 0 bridgehead atoms. The van der Waals surface area contributed by atoms with E-state index < -0.39 is 0 Å². The van der Waals surface area contributed by atoms with Gasteiger partial charge in [0, 0.05) is 22.4 Å². The summed E-state index contributed by atoms with van der Waals surface area (Å²) >= 11 is 0. The molecule has 0 saturated carbocycles. The van der Waals surface area contributed by atoms with E-state index in [9.17, 15) is 0 Å². The first kappa shape index (κ1) is 39.3. The molecule has 0 aromatic heterocycles. The molecule has 0 aliphatic heterocycles. The summed E-state index contributed by atoms with van der Waals surface area (Å²) < 4.78 is 0. The van der Waals surface area contributed by atoms with Crippen LogP contribution in [0.4, 0.5) is 17.1 Å². The lowest BCUT2D eigenvalue weighted by molar-refractivity contribution is 0.662. The van der Waals surface area contributed by atoms with Gasteiger partial charge >= 0.3 is 0 Å². The van der Waals surface area contributed by atoms with Crippen LogP contribution in [0.2, 0.25) is 0 Å².